The first-order valence-corrected chi connectivity index (χ1v) is 8.07. The fourth-order valence-corrected chi connectivity index (χ4v) is 3.10. The Balaban J connectivity index is 1.86. The van der Waals surface area contributed by atoms with Crippen LogP contribution in [0.3, 0.4) is 0 Å². The summed E-state index contributed by atoms with van der Waals surface area (Å²) in [6, 6.07) is 9.13. The number of hydrogen-bond acceptors (Lipinski definition) is 6. The van der Waals surface area contributed by atoms with Crippen molar-refractivity contribution in [3.63, 3.8) is 0 Å². The highest BCUT2D eigenvalue weighted by atomic mass is 35.5. The molecule has 0 spiro atoms. The highest BCUT2D eigenvalue weighted by molar-refractivity contribution is 6.31. The average molecular weight is 353 g/mol. The van der Waals surface area contributed by atoms with E-state index in [1.165, 1.54) is 0 Å². The third-order valence-electron chi connectivity index (χ3n) is 4.12. The molecule has 3 aromatic rings. The lowest BCUT2D eigenvalue weighted by molar-refractivity contribution is 0.102. The largest absolute Gasteiger partial charge is 0.351 e. The second kappa shape index (κ2) is 6.18. The number of nitrogens with zero attached hydrogens (tertiary/aromatic N) is 5. The number of aromatic nitrogens is 2. The second-order valence-corrected chi connectivity index (χ2v) is 6.20. The van der Waals surface area contributed by atoms with E-state index in [2.05, 4.69) is 30.6 Å². The maximum Gasteiger partial charge on any atom is 0.228 e. The molecule has 124 valence electrons. The maximum atomic E-state index is 13.1. The minimum absolute atomic E-state index is 0.174. The summed E-state index contributed by atoms with van der Waals surface area (Å²) in [6.45, 7) is 1.86. The standard InChI is InChI=1S/C17H13ClN6O/c1-9-3-2-6-19-15(9)17(25)16-12(8-14-21-23-24-22-14)11-5-4-10(18)7-13(11)20-16/h2-7,14,20H,8H2,1H3. The van der Waals surface area contributed by atoms with Crippen molar-refractivity contribution in [3.8, 4) is 0 Å². The third kappa shape index (κ3) is 2.83. The lowest BCUT2D eigenvalue weighted by Crippen LogP contribution is -2.11. The molecule has 25 heavy (non-hydrogen) atoms. The Labute approximate surface area is 147 Å². The number of rotatable bonds is 4. The molecule has 1 aliphatic heterocycles. The molecule has 1 aromatic carbocycles. The molecule has 0 unspecified atom stereocenters. The molecule has 0 radical (unpaired) electrons. The summed E-state index contributed by atoms with van der Waals surface area (Å²) in [5.41, 5.74) is 3.29. The van der Waals surface area contributed by atoms with Gasteiger partial charge in [0.1, 0.15) is 5.69 Å². The molecule has 1 aliphatic rings. The minimum atomic E-state index is -0.425. The zero-order valence-corrected chi connectivity index (χ0v) is 14.0. The van der Waals surface area contributed by atoms with Crippen molar-refractivity contribution < 1.29 is 4.79 Å². The van der Waals surface area contributed by atoms with Crippen molar-refractivity contribution in [2.24, 2.45) is 20.7 Å². The average Bonchev–Trinajstić information content (AvgIpc) is 3.23. The number of fused-ring (bicyclic) bond motifs is 1. The Bertz CT molecular complexity index is 1030. The third-order valence-corrected chi connectivity index (χ3v) is 4.35. The first-order valence-electron chi connectivity index (χ1n) is 7.70. The number of halogens is 1. The molecule has 0 amide bonds. The van der Waals surface area contributed by atoms with Gasteiger partial charge in [-0.2, -0.15) is 0 Å². The van der Waals surface area contributed by atoms with Crippen LogP contribution in [0.15, 0.2) is 57.2 Å². The molecule has 4 rings (SSSR count). The Morgan fingerprint density at radius 3 is 2.80 bits per heavy atom. The predicted octanol–water partition coefficient (Wildman–Crippen LogP) is 4.46. The van der Waals surface area contributed by atoms with Crippen LogP contribution in [0, 0.1) is 6.92 Å². The lowest BCUT2D eigenvalue weighted by Gasteiger charge is -2.06. The summed E-state index contributed by atoms with van der Waals surface area (Å²) < 4.78 is 0. The van der Waals surface area contributed by atoms with Gasteiger partial charge in [-0.15, -0.1) is 10.2 Å². The van der Waals surface area contributed by atoms with Gasteiger partial charge in [0, 0.05) is 28.5 Å². The Morgan fingerprint density at radius 1 is 1.24 bits per heavy atom. The SMILES string of the molecule is Cc1cccnc1C(=O)c1[nH]c2cc(Cl)ccc2c1CC1N=NN=N1. The first kappa shape index (κ1) is 15.6. The molecule has 7 nitrogen and oxygen atoms in total. The van der Waals surface area contributed by atoms with Crippen molar-refractivity contribution in [2.45, 2.75) is 19.5 Å². The van der Waals surface area contributed by atoms with Gasteiger partial charge in [-0.05, 0) is 46.7 Å². The van der Waals surface area contributed by atoms with Gasteiger partial charge in [-0.3, -0.25) is 9.78 Å². The molecule has 1 N–H and O–H groups in total. The van der Waals surface area contributed by atoms with Gasteiger partial charge in [-0.25, -0.2) is 0 Å². The Hall–Kier alpha value is -2.93. The molecule has 0 saturated heterocycles. The fraction of sp³-hybridized carbons (Fsp3) is 0.176. The van der Waals surface area contributed by atoms with E-state index in [1.807, 2.05) is 19.1 Å². The molecule has 8 heteroatoms. The Kier molecular flexibility index (Phi) is 3.85. The highest BCUT2D eigenvalue weighted by Crippen LogP contribution is 2.29. The summed E-state index contributed by atoms with van der Waals surface area (Å²) in [6.07, 6.45) is 1.60. The van der Waals surface area contributed by atoms with Gasteiger partial charge in [0.15, 0.2) is 6.17 Å². The van der Waals surface area contributed by atoms with Crippen molar-refractivity contribution in [1.82, 2.24) is 9.97 Å². The van der Waals surface area contributed by atoms with Crippen LogP contribution in [0.25, 0.3) is 10.9 Å². The zero-order chi connectivity index (χ0) is 17.4. The summed E-state index contributed by atoms with van der Waals surface area (Å²) in [5, 5.41) is 16.5. The van der Waals surface area contributed by atoms with E-state index in [9.17, 15) is 4.79 Å². The van der Waals surface area contributed by atoms with Crippen LogP contribution in [0.5, 0.6) is 0 Å². The topological polar surface area (TPSA) is 95.2 Å². The normalized spacial score (nSPS) is 13.8. The quantitative estimate of drug-likeness (QED) is 0.701. The van der Waals surface area contributed by atoms with Crippen LogP contribution in [0.2, 0.25) is 5.02 Å². The number of aryl methyl sites for hydroxylation is 1. The summed E-state index contributed by atoms with van der Waals surface area (Å²) in [5.74, 6) is -0.174. The van der Waals surface area contributed by atoms with E-state index < -0.39 is 6.17 Å². The van der Waals surface area contributed by atoms with Crippen LogP contribution in [-0.2, 0) is 6.42 Å². The number of aromatic amines is 1. The van der Waals surface area contributed by atoms with E-state index in [0.717, 1.165) is 22.0 Å². The molecule has 2 aromatic heterocycles. The van der Waals surface area contributed by atoms with E-state index in [4.69, 9.17) is 11.6 Å². The molecular formula is C17H13ClN6O. The van der Waals surface area contributed by atoms with Gasteiger partial charge in [0.05, 0.1) is 5.69 Å². The van der Waals surface area contributed by atoms with Gasteiger partial charge in [0.25, 0.3) is 0 Å². The molecule has 0 atom stereocenters. The Morgan fingerprint density at radius 2 is 2.04 bits per heavy atom. The zero-order valence-electron chi connectivity index (χ0n) is 13.3. The van der Waals surface area contributed by atoms with E-state index in [0.29, 0.717) is 22.8 Å². The van der Waals surface area contributed by atoms with Crippen LogP contribution < -0.4 is 0 Å². The summed E-state index contributed by atoms with van der Waals surface area (Å²) in [4.78, 5) is 20.5. The number of carbonyl (C=O) groups is 1. The van der Waals surface area contributed by atoms with Crippen molar-refractivity contribution in [1.29, 1.82) is 0 Å². The number of nitrogens with one attached hydrogen (secondary N) is 1. The van der Waals surface area contributed by atoms with Crippen LogP contribution in [-0.4, -0.2) is 21.9 Å². The smallest absolute Gasteiger partial charge is 0.228 e. The first-order chi connectivity index (χ1) is 12.1. The maximum absolute atomic E-state index is 13.1. The number of carbonyl (C=O) groups excluding carboxylic acids is 1. The second-order valence-electron chi connectivity index (χ2n) is 5.76. The summed E-state index contributed by atoms with van der Waals surface area (Å²) in [7, 11) is 0. The van der Waals surface area contributed by atoms with E-state index >= 15 is 0 Å². The monoisotopic (exact) mass is 352 g/mol. The minimum Gasteiger partial charge on any atom is -0.351 e. The molecule has 0 saturated carbocycles. The van der Waals surface area contributed by atoms with Gasteiger partial charge in [0.2, 0.25) is 5.78 Å². The molecule has 0 bridgehead atoms. The van der Waals surface area contributed by atoms with E-state index in [1.54, 1.807) is 24.4 Å². The molecular weight excluding hydrogens is 340 g/mol. The van der Waals surface area contributed by atoms with Crippen LogP contribution in [0.4, 0.5) is 0 Å². The van der Waals surface area contributed by atoms with Crippen molar-refractivity contribution in [3.05, 3.63) is 64.1 Å². The van der Waals surface area contributed by atoms with E-state index in [-0.39, 0.29) is 5.78 Å². The van der Waals surface area contributed by atoms with Crippen molar-refractivity contribution in [2.75, 3.05) is 0 Å². The summed E-state index contributed by atoms with van der Waals surface area (Å²) >= 11 is 6.09. The molecule has 0 aliphatic carbocycles. The lowest BCUT2D eigenvalue weighted by atomic mass is 10.0. The number of H-pyrrole nitrogens is 1. The number of ketones is 1. The number of hydrogen-bond donors (Lipinski definition) is 1. The van der Waals surface area contributed by atoms with Crippen LogP contribution >= 0.6 is 11.6 Å². The van der Waals surface area contributed by atoms with Gasteiger partial charge < -0.3 is 4.98 Å². The predicted molar refractivity (Wildman–Crippen MR) is 92.9 cm³/mol. The fourth-order valence-electron chi connectivity index (χ4n) is 2.93. The van der Waals surface area contributed by atoms with Gasteiger partial charge in [-0.1, -0.05) is 23.7 Å². The molecule has 0 fully saturated rings. The molecule has 3 heterocycles. The highest BCUT2D eigenvalue weighted by Gasteiger charge is 2.24. The number of pyridine rings is 1. The number of benzene rings is 1. The van der Waals surface area contributed by atoms with Crippen molar-refractivity contribution >= 4 is 28.3 Å². The van der Waals surface area contributed by atoms with Gasteiger partial charge >= 0.3 is 0 Å². The van der Waals surface area contributed by atoms with Crippen LogP contribution in [0.1, 0.15) is 27.3 Å².